The fourth-order valence-corrected chi connectivity index (χ4v) is 2.13. The van der Waals surface area contributed by atoms with Crippen molar-refractivity contribution >= 4 is 28.3 Å². The molecule has 1 N–H and O–H groups in total. The van der Waals surface area contributed by atoms with E-state index in [2.05, 4.69) is 64.2 Å². The zero-order chi connectivity index (χ0) is 11.4. The van der Waals surface area contributed by atoms with Gasteiger partial charge in [-0.3, -0.25) is 4.68 Å². The van der Waals surface area contributed by atoms with Crippen LogP contribution in [0, 0.1) is 3.57 Å². The van der Waals surface area contributed by atoms with Crippen LogP contribution in [0.5, 0.6) is 0 Å². The Morgan fingerprint density at radius 1 is 1.38 bits per heavy atom. The van der Waals surface area contributed by atoms with Crippen LogP contribution in [-0.2, 0) is 13.1 Å². The van der Waals surface area contributed by atoms with Crippen molar-refractivity contribution in [2.24, 2.45) is 0 Å². The molecule has 16 heavy (non-hydrogen) atoms. The Labute approximate surface area is 109 Å². The largest absolute Gasteiger partial charge is 0.379 e. The number of aromatic nitrogens is 2. The molecule has 0 amide bonds. The van der Waals surface area contributed by atoms with Crippen molar-refractivity contribution in [3.63, 3.8) is 0 Å². The summed E-state index contributed by atoms with van der Waals surface area (Å²) >= 11 is 2.32. The van der Waals surface area contributed by atoms with Crippen molar-refractivity contribution < 1.29 is 0 Å². The summed E-state index contributed by atoms with van der Waals surface area (Å²) in [4.78, 5) is 0. The molecular weight excluding hydrogens is 313 g/mol. The third kappa shape index (κ3) is 2.75. The number of rotatable bonds is 4. The molecule has 0 saturated carbocycles. The molecule has 1 heterocycles. The highest BCUT2D eigenvalue weighted by atomic mass is 127. The quantitative estimate of drug-likeness (QED) is 0.875. The van der Waals surface area contributed by atoms with E-state index in [1.54, 1.807) is 0 Å². The topological polar surface area (TPSA) is 29.9 Å². The van der Waals surface area contributed by atoms with E-state index in [1.165, 1.54) is 9.26 Å². The highest BCUT2D eigenvalue weighted by Gasteiger charge is 2.00. The lowest BCUT2D eigenvalue weighted by Gasteiger charge is -2.08. The molecule has 0 aliphatic heterocycles. The molecule has 0 fully saturated rings. The van der Waals surface area contributed by atoms with E-state index in [-0.39, 0.29) is 0 Å². The summed E-state index contributed by atoms with van der Waals surface area (Å²) in [6, 6.07) is 10.4. The van der Waals surface area contributed by atoms with Crippen molar-refractivity contribution in [3.8, 4) is 0 Å². The molecule has 0 radical (unpaired) electrons. The van der Waals surface area contributed by atoms with E-state index in [4.69, 9.17) is 0 Å². The Morgan fingerprint density at radius 3 is 3.00 bits per heavy atom. The molecule has 0 aliphatic carbocycles. The minimum absolute atomic E-state index is 0.813. The minimum Gasteiger partial charge on any atom is -0.379 e. The Kier molecular flexibility index (Phi) is 3.82. The first-order chi connectivity index (χ1) is 7.79. The number of hydrogen-bond donors (Lipinski definition) is 1. The van der Waals surface area contributed by atoms with Crippen LogP contribution in [0.25, 0.3) is 0 Å². The number of hydrogen-bond acceptors (Lipinski definition) is 2. The van der Waals surface area contributed by atoms with E-state index in [1.807, 2.05) is 16.9 Å². The summed E-state index contributed by atoms with van der Waals surface area (Å²) < 4.78 is 3.24. The molecule has 84 valence electrons. The van der Waals surface area contributed by atoms with Gasteiger partial charge in [-0.25, -0.2) is 0 Å². The average Bonchev–Trinajstić information content (AvgIpc) is 2.74. The lowest BCUT2D eigenvalue weighted by atomic mass is 10.3. The maximum absolute atomic E-state index is 4.24. The Hall–Kier alpha value is -1.04. The van der Waals surface area contributed by atoms with Crippen LogP contribution in [0.2, 0.25) is 0 Å². The molecule has 0 saturated heterocycles. The molecular formula is C12H14IN3. The number of anilines is 1. The smallest absolute Gasteiger partial charge is 0.0575 e. The van der Waals surface area contributed by atoms with E-state index in [0.717, 1.165) is 18.8 Å². The Bertz CT molecular complexity index is 465. The van der Waals surface area contributed by atoms with Crippen molar-refractivity contribution in [1.29, 1.82) is 0 Å². The van der Waals surface area contributed by atoms with Gasteiger partial charge in [0.1, 0.15) is 0 Å². The lowest BCUT2D eigenvalue weighted by Crippen LogP contribution is -2.07. The third-order valence-electron chi connectivity index (χ3n) is 2.40. The molecule has 0 aliphatic rings. The molecule has 1 aromatic heterocycles. The molecule has 2 rings (SSSR count). The maximum Gasteiger partial charge on any atom is 0.0575 e. The van der Waals surface area contributed by atoms with Gasteiger partial charge >= 0.3 is 0 Å². The normalized spacial score (nSPS) is 10.4. The van der Waals surface area contributed by atoms with Crippen LogP contribution in [0.3, 0.4) is 0 Å². The number of benzene rings is 1. The van der Waals surface area contributed by atoms with Crippen molar-refractivity contribution in [2.45, 2.75) is 20.0 Å². The zero-order valence-corrected chi connectivity index (χ0v) is 11.3. The standard InChI is InChI=1S/C12H14IN3/c1-2-16-12(6-7-15-16)9-14-11-5-3-4-10(13)8-11/h3-8,14H,2,9H2,1H3. The first-order valence-corrected chi connectivity index (χ1v) is 6.37. The van der Waals surface area contributed by atoms with Crippen LogP contribution >= 0.6 is 22.6 Å². The van der Waals surface area contributed by atoms with Gasteiger partial charge < -0.3 is 5.32 Å². The van der Waals surface area contributed by atoms with Gasteiger partial charge in [-0.1, -0.05) is 6.07 Å². The monoisotopic (exact) mass is 327 g/mol. The fraction of sp³-hybridized carbons (Fsp3) is 0.250. The highest BCUT2D eigenvalue weighted by Crippen LogP contribution is 2.13. The molecule has 0 spiro atoms. The maximum atomic E-state index is 4.24. The van der Waals surface area contributed by atoms with E-state index >= 15 is 0 Å². The molecule has 3 nitrogen and oxygen atoms in total. The van der Waals surface area contributed by atoms with Crippen molar-refractivity contribution in [1.82, 2.24) is 9.78 Å². The van der Waals surface area contributed by atoms with Crippen LogP contribution in [0.1, 0.15) is 12.6 Å². The SMILES string of the molecule is CCn1nccc1CNc1cccc(I)c1. The van der Waals surface area contributed by atoms with Crippen LogP contribution in [0.4, 0.5) is 5.69 Å². The van der Waals surface area contributed by atoms with Crippen LogP contribution in [0.15, 0.2) is 36.5 Å². The minimum atomic E-state index is 0.813. The number of aryl methyl sites for hydroxylation is 1. The predicted molar refractivity (Wildman–Crippen MR) is 74.4 cm³/mol. The van der Waals surface area contributed by atoms with E-state index < -0.39 is 0 Å². The lowest BCUT2D eigenvalue weighted by molar-refractivity contribution is 0.627. The molecule has 4 heteroatoms. The van der Waals surface area contributed by atoms with Gasteiger partial charge in [0, 0.05) is 22.0 Å². The average molecular weight is 327 g/mol. The fourth-order valence-electron chi connectivity index (χ4n) is 1.59. The van der Waals surface area contributed by atoms with Crippen molar-refractivity contribution in [3.05, 3.63) is 45.8 Å². The summed E-state index contributed by atoms with van der Waals surface area (Å²) in [5.74, 6) is 0. The van der Waals surface area contributed by atoms with Gasteiger partial charge in [-0.15, -0.1) is 0 Å². The zero-order valence-electron chi connectivity index (χ0n) is 9.15. The Balaban J connectivity index is 2.02. The van der Waals surface area contributed by atoms with Gasteiger partial charge in [0.05, 0.1) is 12.2 Å². The van der Waals surface area contributed by atoms with Gasteiger partial charge in [-0.2, -0.15) is 5.10 Å². The molecule has 2 aromatic rings. The van der Waals surface area contributed by atoms with Crippen molar-refractivity contribution in [2.75, 3.05) is 5.32 Å². The van der Waals surface area contributed by atoms with Crippen LogP contribution in [-0.4, -0.2) is 9.78 Å². The Morgan fingerprint density at radius 2 is 2.25 bits per heavy atom. The van der Waals surface area contributed by atoms with Gasteiger partial charge in [0.15, 0.2) is 0 Å². The summed E-state index contributed by atoms with van der Waals surface area (Å²) in [6.07, 6.45) is 1.84. The highest BCUT2D eigenvalue weighted by molar-refractivity contribution is 14.1. The van der Waals surface area contributed by atoms with Gasteiger partial charge in [0.25, 0.3) is 0 Å². The third-order valence-corrected chi connectivity index (χ3v) is 3.07. The number of nitrogens with zero attached hydrogens (tertiary/aromatic N) is 2. The first kappa shape index (κ1) is 11.4. The summed E-state index contributed by atoms with van der Waals surface area (Å²) in [7, 11) is 0. The first-order valence-electron chi connectivity index (χ1n) is 5.29. The second-order valence-corrected chi connectivity index (χ2v) is 4.75. The van der Waals surface area contributed by atoms with E-state index in [0.29, 0.717) is 0 Å². The second kappa shape index (κ2) is 5.34. The second-order valence-electron chi connectivity index (χ2n) is 3.50. The number of halogens is 1. The molecule has 1 aromatic carbocycles. The summed E-state index contributed by atoms with van der Waals surface area (Å²) in [6.45, 7) is 3.83. The molecule has 0 unspecified atom stereocenters. The number of nitrogens with one attached hydrogen (secondary N) is 1. The molecule has 0 atom stereocenters. The van der Waals surface area contributed by atoms with Gasteiger partial charge in [0.2, 0.25) is 0 Å². The summed E-state index contributed by atoms with van der Waals surface area (Å²) in [5, 5.41) is 7.64. The summed E-state index contributed by atoms with van der Waals surface area (Å²) in [5.41, 5.74) is 2.36. The van der Waals surface area contributed by atoms with E-state index in [9.17, 15) is 0 Å². The van der Waals surface area contributed by atoms with Gasteiger partial charge in [-0.05, 0) is 53.8 Å². The predicted octanol–water partition coefficient (Wildman–Crippen LogP) is 3.12. The van der Waals surface area contributed by atoms with Crippen LogP contribution < -0.4 is 5.32 Å². The molecule has 0 bridgehead atoms.